The van der Waals surface area contributed by atoms with Crippen LogP contribution in [-0.2, 0) is 0 Å². The van der Waals surface area contributed by atoms with Gasteiger partial charge in [0.15, 0.2) is 0 Å². The van der Waals surface area contributed by atoms with Gasteiger partial charge in [-0.3, -0.25) is 0 Å². The molecule has 1 heteroatoms. The summed E-state index contributed by atoms with van der Waals surface area (Å²) < 4.78 is 3.20. The van der Waals surface area contributed by atoms with E-state index in [0.29, 0.717) is 0 Å². The van der Waals surface area contributed by atoms with Crippen molar-refractivity contribution in [2.24, 2.45) is 0 Å². The van der Waals surface area contributed by atoms with Gasteiger partial charge < -0.3 is 0 Å². The van der Waals surface area contributed by atoms with Crippen molar-refractivity contribution in [1.29, 1.82) is 0 Å². The van der Waals surface area contributed by atoms with E-state index in [-0.39, 0.29) is 0 Å². The molecule has 0 bridgehead atoms. The summed E-state index contributed by atoms with van der Waals surface area (Å²) in [6.45, 7) is 2.29. The van der Waals surface area contributed by atoms with Crippen LogP contribution in [0.3, 0.4) is 0 Å². The summed E-state index contributed by atoms with van der Waals surface area (Å²) in [4.78, 5) is 0. The van der Waals surface area contributed by atoms with Crippen LogP contribution in [0.2, 0.25) is 5.21 Å². The molecule has 0 amide bonds. The quantitative estimate of drug-likeness (QED) is 0.459. The summed E-state index contributed by atoms with van der Waals surface area (Å²) in [5.41, 5.74) is 0. The van der Waals surface area contributed by atoms with Gasteiger partial charge in [-0.2, -0.15) is 0 Å². The molecule has 0 aliphatic heterocycles. The van der Waals surface area contributed by atoms with E-state index in [2.05, 4.69) is 67.6 Å². The van der Waals surface area contributed by atoms with Crippen LogP contribution in [0.25, 0.3) is 0 Å². The molecular weight excluding hydrogens is 315 g/mol. The van der Waals surface area contributed by atoms with Crippen molar-refractivity contribution >= 4 is 23.4 Å². The molecule has 0 spiro atoms. The molecule has 0 N–H and O–H groups in total. The molecule has 2 aromatic carbocycles. The van der Waals surface area contributed by atoms with E-state index in [1.165, 1.54) is 43.7 Å². The fraction of sp³-hybridized carbons (Fsp3) is 0.400. The first-order valence-electron chi connectivity index (χ1n) is 8.29. The molecule has 0 aliphatic carbocycles. The second kappa shape index (κ2) is 9.85. The van der Waals surface area contributed by atoms with E-state index in [9.17, 15) is 0 Å². The number of unbranched alkanes of at least 4 members (excludes halogenated alkanes) is 5. The van der Waals surface area contributed by atoms with Gasteiger partial charge in [0, 0.05) is 0 Å². The molecule has 0 saturated heterocycles. The first kappa shape index (κ1) is 16.4. The summed E-state index contributed by atoms with van der Waals surface area (Å²) in [7, 11) is 0. The maximum absolute atomic E-state index is 2.34. The topological polar surface area (TPSA) is 0 Å². The predicted molar refractivity (Wildman–Crippen MR) is 96.1 cm³/mol. The zero-order chi connectivity index (χ0) is 14.8. The number of hydrogen-bond acceptors (Lipinski definition) is 0. The first-order valence-corrected chi connectivity index (χ1v) is 11.5. The maximum atomic E-state index is 2.34. The van der Waals surface area contributed by atoms with Crippen LogP contribution in [0, 0.1) is 0 Å². The van der Waals surface area contributed by atoms with Crippen LogP contribution in [0.15, 0.2) is 60.7 Å². The molecule has 2 rings (SSSR count). The van der Waals surface area contributed by atoms with Crippen LogP contribution in [0.4, 0.5) is 0 Å². The Hall–Kier alpha value is -1.00. The van der Waals surface area contributed by atoms with Crippen molar-refractivity contribution in [3.63, 3.8) is 0 Å². The van der Waals surface area contributed by atoms with E-state index in [1.54, 1.807) is 8.70 Å². The van der Waals surface area contributed by atoms with E-state index in [1.807, 2.05) is 0 Å². The molecule has 21 heavy (non-hydrogen) atoms. The third-order valence-electron chi connectivity index (χ3n) is 3.87. The minimum absolute atomic E-state index is 1.09. The second-order valence-electron chi connectivity index (χ2n) is 5.59. The number of benzene rings is 2. The number of rotatable bonds is 9. The van der Waals surface area contributed by atoms with Crippen LogP contribution < -0.4 is 8.70 Å². The Labute approximate surface area is 134 Å². The normalized spacial score (nSPS) is 11.0. The standard InChI is InChI=1S/C20H27As/c1-2-3-4-5-6-13-18-21(19-14-9-7-10-15-19)20-16-11-8-12-17-20/h7-12,14-17H,2-6,13,18H2,1H3. The van der Waals surface area contributed by atoms with Crippen molar-refractivity contribution in [3.8, 4) is 0 Å². The minimum atomic E-state index is -1.09. The SMILES string of the molecule is CCCCCCCC[As](c1ccccc1)c1ccccc1. The molecule has 0 aliphatic rings. The van der Waals surface area contributed by atoms with Gasteiger partial charge in [-0.15, -0.1) is 0 Å². The predicted octanol–water partition coefficient (Wildman–Crippen LogP) is 4.66. The van der Waals surface area contributed by atoms with E-state index in [4.69, 9.17) is 0 Å². The summed E-state index contributed by atoms with van der Waals surface area (Å²) in [6, 6.07) is 22.4. The molecule has 0 saturated carbocycles. The molecule has 112 valence electrons. The van der Waals surface area contributed by atoms with Crippen molar-refractivity contribution in [3.05, 3.63) is 60.7 Å². The van der Waals surface area contributed by atoms with Gasteiger partial charge in [0.25, 0.3) is 0 Å². The second-order valence-corrected chi connectivity index (χ2v) is 10.5. The van der Waals surface area contributed by atoms with Crippen molar-refractivity contribution in [2.75, 3.05) is 0 Å². The monoisotopic (exact) mass is 342 g/mol. The van der Waals surface area contributed by atoms with Crippen LogP contribution in [-0.4, -0.2) is 14.7 Å². The first-order chi connectivity index (χ1) is 10.4. The van der Waals surface area contributed by atoms with Crippen LogP contribution >= 0.6 is 0 Å². The van der Waals surface area contributed by atoms with Gasteiger partial charge in [-0.25, -0.2) is 0 Å². The summed E-state index contributed by atoms with van der Waals surface area (Å²) in [6.07, 6.45) is 8.38. The summed E-state index contributed by atoms with van der Waals surface area (Å²) in [5.74, 6) is 0. The Morgan fingerprint density at radius 1 is 0.619 bits per heavy atom. The van der Waals surface area contributed by atoms with Gasteiger partial charge >= 0.3 is 135 Å². The Kier molecular flexibility index (Phi) is 7.68. The molecule has 2 aromatic rings. The van der Waals surface area contributed by atoms with E-state index < -0.39 is 14.7 Å². The average Bonchev–Trinajstić information content (AvgIpc) is 2.56. The average molecular weight is 342 g/mol. The third-order valence-corrected chi connectivity index (χ3v) is 9.34. The van der Waals surface area contributed by atoms with Gasteiger partial charge in [0.2, 0.25) is 0 Å². The Morgan fingerprint density at radius 2 is 1.10 bits per heavy atom. The Balaban J connectivity index is 1.94. The summed E-state index contributed by atoms with van der Waals surface area (Å²) in [5, 5.41) is 1.41. The third kappa shape index (κ3) is 5.71. The summed E-state index contributed by atoms with van der Waals surface area (Å²) >= 11 is -1.09. The molecule has 0 unspecified atom stereocenters. The van der Waals surface area contributed by atoms with Crippen LogP contribution in [0.1, 0.15) is 45.4 Å². The fourth-order valence-electron chi connectivity index (χ4n) is 2.67. The van der Waals surface area contributed by atoms with Crippen LogP contribution in [0.5, 0.6) is 0 Å². The van der Waals surface area contributed by atoms with Crippen molar-refractivity contribution in [1.82, 2.24) is 0 Å². The van der Waals surface area contributed by atoms with E-state index >= 15 is 0 Å². The van der Waals surface area contributed by atoms with Gasteiger partial charge in [0.1, 0.15) is 0 Å². The van der Waals surface area contributed by atoms with Gasteiger partial charge in [0.05, 0.1) is 0 Å². The molecule has 0 nitrogen and oxygen atoms in total. The molecular formula is C20H27As. The zero-order valence-corrected chi connectivity index (χ0v) is 15.0. The molecule has 0 radical (unpaired) electrons. The van der Waals surface area contributed by atoms with Crippen molar-refractivity contribution < 1.29 is 0 Å². The molecule has 0 fully saturated rings. The molecule has 0 heterocycles. The zero-order valence-electron chi connectivity index (χ0n) is 13.2. The fourth-order valence-corrected chi connectivity index (χ4v) is 7.75. The Bertz CT molecular complexity index is 438. The molecule has 0 aromatic heterocycles. The number of hydrogen-bond donors (Lipinski definition) is 0. The molecule has 0 atom stereocenters. The van der Waals surface area contributed by atoms with Gasteiger partial charge in [-0.05, 0) is 0 Å². The van der Waals surface area contributed by atoms with Gasteiger partial charge in [-0.1, -0.05) is 0 Å². The van der Waals surface area contributed by atoms with Crippen molar-refractivity contribution in [2.45, 2.75) is 50.7 Å². The van der Waals surface area contributed by atoms with E-state index in [0.717, 1.165) is 0 Å². The Morgan fingerprint density at radius 3 is 1.62 bits per heavy atom.